The van der Waals surface area contributed by atoms with Crippen LogP contribution in [0.1, 0.15) is 17.0 Å². The Bertz CT molecular complexity index is 1170. The highest BCUT2D eigenvalue weighted by molar-refractivity contribution is 7.98. The highest BCUT2D eigenvalue weighted by atomic mass is 32.2. The third kappa shape index (κ3) is 3.84. The maximum Gasteiger partial charge on any atom is 0.586 e. The van der Waals surface area contributed by atoms with Crippen molar-refractivity contribution >= 4 is 34.6 Å². The molecule has 0 spiro atoms. The number of hydrogen-bond acceptors (Lipinski definition) is 7. The Morgan fingerprint density at radius 3 is 2.73 bits per heavy atom. The molecule has 0 atom stereocenters. The van der Waals surface area contributed by atoms with E-state index in [1.165, 1.54) is 23.9 Å². The van der Waals surface area contributed by atoms with Gasteiger partial charge in [-0.1, -0.05) is 11.8 Å². The highest BCUT2D eigenvalue weighted by Gasteiger charge is 2.43. The molecule has 1 N–H and O–H groups in total. The zero-order chi connectivity index (χ0) is 20.7. The Balaban J connectivity index is 1.29. The number of hydrogen-bond donors (Lipinski definition) is 1. The van der Waals surface area contributed by atoms with Gasteiger partial charge in [-0.2, -0.15) is 0 Å². The Morgan fingerprint density at radius 1 is 1.10 bits per heavy atom. The van der Waals surface area contributed by atoms with Crippen LogP contribution in [0.3, 0.4) is 0 Å². The molecule has 10 heteroatoms. The van der Waals surface area contributed by atoms with Crippen molar-refractivity contribution in [1.82, 2.24) is 15.0 Å². The van der Waals surface area contributed by atoms with Crippen molar-refractivity contribution in [3.63, 3.8) is 0 Å². The van der Waals surface area contributed by atoms with E-state index in [2.05, 4.69) is 24.4 Å². The fourth-order valence-electron chi connectivity index (χ4n) is 3.04. The predicted octanol–water partition coefficient (Wildman–Crippen LogP) is 5.77. The van der Waals surface area contributed by atoms with Crippen LogP contribution >= 0.6 is 23.5 Å². The van der Waals surface area contributed by atoms with Gasteiger partial charge < -0.3 is 18.9 Å². The summed E-state index contributed by atoms with van der Waals surface area (Å²) in [4.78, 5) is 13.2. The van der Waals surface area contributed by atoms with E-state index < -0.39 is 6.29 Å². The predicted molar refractivity (Wildman–Crippen MR) is 109 cm³/mol. The van der Waals surface area contributed by atoms with Gasteiger partial charge in [-0.25, -0.2) is 4.98 Å². The molecule has 0 saturated carbocycles. The molecule has 0 fully saturated rings. The lowest BCUT2D eigenvalue weighted by Crippen LogP contribution is -2.25. The minimum atomic E-state index is -3.64. The van der Waals surface area contributed by atoms with E-state index >= 15 is 0 Å². The Kier molecular flexibility index (Phi) is 4.82. The summed E-state index contributed by atoms with van der Waals surface area (Å²) in [7, 11) is 0. The summed E-state index contributed by atoms with van der Waals surface area (Å²) < 4.78 is 40.8. The summed E-state index contributed by atoms with van der Waals surface area (Å²) in [5, 5.41) is 0.662. The molecular weight excluding hydrogens is 432 g/mol. The van der Waals surface area contributed by atoms with E-state index in [-0.39, 0.29) is 11.5 Å². The smallest absolute Gasteiger partial charge is 0.468 e. The number of furan rings is 1. The van der Waals surface area contributed by atoms with E-state index in [1.807, 2.05) is 25.1 Å². The van der Waals surface area contributed by atoms with Crippen LogP contribution in [0.15, 0.2) is 57.3 Å². The Hall–Kier alpha value is -2.72. The van der Waals surface area contributed by atoms with E-state index in [1.54, 1.807) is 24.2 Å². The number of rotatable bonds is 6. The van der Waals surface area contributed by atoms with Gasteiger partial charge in [0.05, 0.1) is 28.7 Å². The van der Waals surface area contributed by atoms with Crippen LogP contribution in [0.2, 0.25) is 0 Å². The molecule has 30 heavy (non-hydrogen) atoms. The van der Waals surface area contributed by atoms with Crippen molar-refractivity contribution in [3.8, 4) is 11.5 Å². The van der Waals surface area contributed by atoms with E-state index in [0.29, 0.717) is 21.9 Å². The van der Waals surface area contributed by atoms with Gasteiger partial charge in [0.15, 0.2) is 16.7 Å². The minimum absolute atomic E-state index is 0.00788. The molecule has 0 bridgehead atoms. The van der Waals surface area contributed by atoms with Gasteiger partial charge in [0.1, 0.15) is 5.76 Å². The quantitative estimate of drug-likeness (QED) is 0.376. The maximum absolute atomic E-state index is 13.2. The van der Waals surface area contributed by atoms with Gasteiger partial charge in [-0.3, -0.25) is 4.98 Å². The number of nitrogens with one attached hydrogen (secondary N) is 1. The Morgan fingerprint density at radius 2 is 1.93 bits per heavy atom. The molecule has 0 saturated heterocycles. The normalized spacial score (nSPS) is 14.5. The second-order valence-electron chi connectivity index (χ2n) is 6.56. The van der Waals surface area contributed by atoms with Crippen LogP contribution < -0.4 is 9.47 Å². The number of fused-ring (bicyclic) bond motifs is 2. The minimum Gasteiger partial charge on any atom is -0.468 e. The lowest BCUT2D eigenvalue weighted by atomic mass is 10.2. The molecule has 3 aromatic heterocycles. The summed E-state index contributed by atoms with van der Waals surface area (Å²) in [6.45, 7) is 2.05. The molecule has 1 aromatic carbocycles. The summed E-state index contributed by atoms with van der Waals surface area (Å²) in [5.74, 6) is 2.26. The first-order chi connectivity index (χ1) is 14.5. The molecule has 0 aliphatic carbocycles. The molecule has 1 aliphatic rings. The lowest BCUT2D eigenvalue weighted by molar-refractivity contribution is -0.286. The number of aromatic nitrogens is 3. The first kappa shape index (κ1) is 19.3. The third-order valence-electron chi connectivity index (χ3n) is 4.54. The molecule has 6 nitrogen and oxygen atoms in total. The summed E-state index contributed by atoms with van der Waals surface area (Å²) in [6.07, 6.45) is -0.170. The number of alkyl halides is 2. The molecule has 4 heterocycles. The molecule has 0 radical (unpaired) electrons. The van der Waals surface area contributed by atoms with Crippen molar-refractivity contribution < 1.29 is 22.7 Å². The second kappa shape index (κ2) is 7.51. The molecule has 1 aliphatic heterocycles. The number of pyridine rings is 1. The fraction of sp³-hybridized carbons (Fsp3) is 0.200. The zero-order valence-corrected chi connectivity index (χ0v) is 17.3. The number of ether oxygens (including phenoxy) is 2. The van der Waals surface area contributed by atoms with Crippen LogP contribution in [0.5, 0.6) is 11.5 Å². The number of benzene rings is 1. The zero-order valence-electron chi connectivity index (χ0n) is 15.6. The number of imidazole rings is 1. The number of thioether (sulfide) groups is 2. The molecule has 0 amide bonds. The summed E-state index contributed by atoms with van der Waals surface area (Å²) in [5.41, 5.74) is 3.20. The standard InChI is InChI=1S/C20H15F2N3O3S2/c1-11-15(23-5-4-18(11)29-9-12-3-2-6-26-12)10-30-19-24-13-7-16-17(8-14(13)25-19)28-20(21,22)27-16/h2-8H,9-10H2,1H3,(H,24,25). The average molecular weight is 447 g/mol. The maximum atomic E-state index is 13.2. The summed E-state index contributed by atoms with van der Waals surface area (Å²) >= 11 is 3.19. The van der Waals surface area contributed by atoms with Gasteiger partial charge in [0, 0.05) is 29.0 Å². The molecular formula is C20H15F2N3O3S2. The molecule has 0 unspecified atom stereocenters. The third-order valence-corrected chi connectivity index (χ3v) is 6.60. The Labute approximate surface area is 178 Å². The van der Waals surface area contributed by atoms with Crippen LogP contribution in [0, 0.1) is 6.92 Å². The molecule has 5 rings (SSSR count). The van der Waals surface area contributed by atoms with Crippen molar-refractivity contribution in [3.05, 3.63) is 59.8 Å². The van der Waals surface area contributed by atoms with Crippen LogP contribution in [-0.4, -0.2) is 21.2 Å². The van der Waals surface area contributed by atoms with Gasteiger partial charge in [0.2, 0.25) is 0 Å². The van der Waals surface area contributed by atoms with E-state index in [9.17, 15) is 8.78 Å². The second-order valence-corrected chi connectivity index (χ2v) is 8.54. The van der Waals surface area contributed by atoms with Gasteiger partial charge in [-0.15, -0.1) is 20.5 Å². The van der Waals surface area contributed by atoms with Crippen LogP contribution in [0.25, 0.3) is 11.0 Å². The topological polar surface area (TPSA) is 73.2 Å². The molecule has 4 aromatic rings. The number of halogens is 2. The van der Waals surface area contributed by atoms with Gasteiger partial charge in [-0.05, 0) is 30.7 Å². The fourth-order valence-corrected chi connectivity index (χ4v) is 4.90. The van der Waals surface area contributed by atoms with E-state index in [0.717, 1.165) is 27.7 Å². The number of nitrogens with zero attached hydrogens (tertiary/aromatic N) is 2. The number of aromatic amines is 1. The van der Waals surface area contributed by atoms with Gasteiger partial charge >= 0.3 is 6.29 Å². The van der Waals surface area contributed by atoms with Crippen molar-refractivity contribution in [2.24, 2.45) is 0 Å². The highest BCUT2D eigenvalue weighted by Crippen LogP contribution is 2.43. The number of H-pyrrole nitrogens is 1. The first-order valence-corrected chi connectivity index (χ1v) is 11.0. The van der Waals surface area contributed by atoms with Crippen molar-refractivity contribution in [2.75, 3.05) is 0 Å². The first-order valence-electron chi connectivity index (χ1n) is 8.99. The SMILES string of the molecule is Cc1c(SCc2ccco2)ccnc1CSc1nc2cc3c(cc2[nH]1)OC(F)(F)O3. The monoisotopic (exact) mass is 447 g/mol. The average Bonchev–Trinajstić information content (AvgIpc) is 3.41. The van der Waals surface area contributed by atoms with Crippen molar-refractivity contribution in [1.29, 1.82) is 0 Å². The van der Waals surface area contributed by atoms with Crippen LogP contribution in [-0.2, 0) is 11.5 Å². The summed E-state index contributed by atoms with van der Waals surface area (Å²) in [6, 6.07) is 8.74. The van der Waals surface area contributed by atoms with Crippen LogP contribution in [0.4, 0.5) is 8.78 Å². The van der Waals surface area contributed by atoms with Gasteiger partial charge in [0.25, 0.3) is 0 Å². The molecule has 154 valence electrons. The lowest BCUT2D eigenvalue weighted by Gasteiger charge is -2.09. The van der Waals surface area contributed by atoms with Crippen molar-refractivity contribution in [2.45, 2.75) is 34.8 Å². The van der Waals surface area contributed by atoms with E-state index in [4.69, 9.17) is 4.42 Å². The largest absolute Gasteiger partial charge is 0.586 e.